The number of anilines is 2. The van der Waals surface area contributed by atoms with Crippen LogP contribution in [0.4, 0.5) is 20.2 Å². The van der Waals surface area contributed by atoms with Crippen molar-refractivity contribution in [3.63, 3.8) is 0 Å². The van der Waals surface area contributed by atoms with Crippen LogP contribution in [-0.4, -0.2) is 18.6 Å². The molecule has 0 atom stereocenters. The van der Waals surface area contributed by atoms with Gasteiger partial charge in [-0.1, -0.05) is 0 Å². The molecule has 0 unspecified atom stereocenters. The van der Waals surface area contributed by atoms with Gasteiger partial charge in [-0.2, -0.15) is 0 Å². The fourth-order valence-electron chi connectivity index (χ4n) is 2.06. The predicted molar refractivity (Wildman–Crippen MR) is 77.0 cm³/mol. The number of hydrogen-bond donors (Lipinski definition) is 1. The maximum atomic E-state index is 13.0. The van der Waals surface area contributed by atoms with E-state index in [1.54, 1.807) is 31.6 Å². The predicted octanol–water partition coefficient (Wildman–Crippen LogP) is 3.28. The first kappa shape index (κ1) is 14.2. The van der Waals surface area contributed by atoms with E-state index in [-0.39, 0.29) is 5.56 Å². The molecule has 0 aliphatic carbocycles. The van der Waals surface area contributed by atoms with Gasteiger partial charge in [0, 0.05) is 42.9 Å². The van der Waals surface area contributed by atoms with Crippen molar-refractivity contribution in [3.8, 4) is 0 Å². The molecule has 20 heavy (non-hydrogen) atoms. The van der Waals surface area contributed by atoms with Gasteiger partial charge in [0.1, 0.15) is 0 Å². The summed E-state index contributed by atoms with van der Waals surface area (Å²) in [5, 5.41) is 0. The molecule has 0 amide bonds. The van der Waals surface area contributed by atoms with Gasteiger partial charge in [-0.25, -0.2) is 8.78 Å². The maximum Gasteiger partial charge on any atom is 0.265 e. The molecule has 0 fully saturated rings. The van der Waals surface area contributed by atoms with Gasteiger partial charge >= 0.3 is 0 Å². The van der Waals surface area contributed by atoms with Crippen molar-refractivity contribution in [2.75, 3.05) is 24.2 Å². The van der Waals surface area contributed by atoms with Crippen molar-refractivity contribution in [3.05, 3.63) is 53.9 Å². The Kier molecular flexibility index (Phi) is 4.50. The van der Waals surface area contributed by atoms with Gasteiger partial charge in [-0.3, -0.25) is 4.98 Å². The summed E-state index contributed by atoms with van der Waals surface area (Å²) in [5.74, 6) is 0. The lowest BCUT2D eigenvalue weighted by atomic mass is 10.1. The molecule has 0 spiro atoms. The first-order valence-electron chi connectivity index (χ1n) is 6.35. The molecule has 0 aliphatic heterocycles. The maximum absolute atomic E-state index is 13.0. The van der Waals surface area contributed by atoms with E-state index in [9.17, 15) is 8.78 Å². The van der Waals surface area contributed by atoms with Crippen molar-refractivity contribution in [2.45, 2.75) is 12.8 Å². The van der Waals surface area contributed by atoms with E-state index in [1.807, 2.05) is 17.0 Å². The highest BCUT2D eigenvalue weighted by Gasteiger charge is 2.16. The normalized spacial score (nSPS) is 10.8. The van der Waals surface area contributed by atoms with Gasteiger partial charge in [0.25, 0.3) is 6.43 Å². The number of aromatic nitrogens is 1. The van der Waals surface area contributed by atoms with Crippen molar-refractivity contribution in [1.29, 1.82) is 0 Å². The summed E-state index contributed by atoms with van der Waals surface area (Å²) in [6, 6.07) is 8.46. The molecule has 2 N–H and O–H groups in total. The first-order chi connectivity index (χ1) is 9.58. The quantitative estimate of drug-likeness (QED) is 0.853. The number of pyridine rings is 1. The van der Waals surface area contributed by atoms with E-state index in [4.69, 9.17) is 5.73 Å². The summed E-state index contributed by atoms with van der Waals surface area (Å²) in [4.78, 5) is 5.77. The third-order valence-corrected chi connectivity index (χ3v) is 3.18. The van der Waals surface area contributed by atoms with Crippen LogP contribution in [0.5, 0.6) is 0 Å². The lowest BCUT2D eigenvalue weighted by Gasteiger charge is -2.22. The van der Waals surface area contributed by atoms with E-state index in [0.29, 0.717) is 17.9 Å². The lowest BCUT2D eigenvalue weighted by molar-refractivity contribution is 0.152. The van der Waals surface area contributed by atoms with Gasteiger partial charge in [0.2, 0.25) is 0 Å². The van der Waals surface area contributed by atoms with Gasteiger partial charge in [0.05, 0.1) is 0 Å². The van der Waals surface area contributed by atoms with Crippen LogP contribution in [0.25, 0.3) is 0 Å². The molecular formula is C15H17F2N3. The van der Waals surface area contributed by atoms with E-state index in [2.05, 4.69) is 4.98 Å². The van der Waals surface area contributed by atoms with Gasteiger partial charge in [-0.05, 0) is 42.3 Å². The van der Waals surface area contributed by atoms with E-state index < -0.39 is 6.43 Å². The van der Waals surface area contributed by atoms with Crippen LogP contribution >= 0.6 is 0 Å². The summed E-state index contributed by atoms with van der Waals surface area (Å²) < 4.78 is 26.1. The number of halogens is 2. The Morgan fingerprint density at radius 3 is 2.55 bits per heavy atom. The average molecular weight is 277 g/mol. The Labute approximate surface area is 117 Å². The molecule has 1 aromatic heterocycles. The second-order valence-corrected chi connectivity index (χ2v) is 4.65. The molecule has 0 aliphatic rings. The van der Waals surface area contributed by atoms with Crippen LogP contribution in [0.3, 0.4) is 0 Å². The fraction of sp³-hybridized carbons (Fsp3) is 0.267. The highest BCUT2D eigenvalue weighted by molar-refractivity contribution is 5.59. The summed E-state index contributed by atoms with van der Waals surface area (Å²) in [5.41, 5.74) is 7.54. The average Bonchev–Trinajstić information content (AvgIpc) is 2.45. The zero-order chi connectivity index (χ0) is 14.5. The Morgan fingerprint density at radius 1 is 1.20 bits per heavy atom. The highest BCUT2D eigenvalue weighted by Crippen LogP contribution is 2.31. The Morgan fingerprint density at radius 2 is 1.90 bits per heavy atom. The number of hydrogen-bond acceptors (Lipinski definition) is 3. The number of rotatable bonds is 5. The largest absolute Gasteiger partial charge is 0.399 e. The standard InChI is InChI=1S/C15H17F2N3/c1-20(9-6-11-4-7-19-8-5-11)14-3-2-12(18)10-13(14)15(16)17/h2-5,7-8,10,15H,6,9,18H2,1H3. The number of benzene rings is 1. The minimum atomic E-state index is -2.53. The van der Waals surface area contributed by atoms with Gasteiger partial charge < -0.3 is 10.6 Å². The number of nitrogens with two attached hydrogens (primary N) is 1. The van der Waals surface area contributed by atoms with Crippen molar-refractivity contribution in [1.82, 2.24) is 4.98 Å². The van der Waals surface area contributed by atoms with E-state index in [0.717, 1.165) is 12.0 Å². The molecule has 2 rings (SSSR count). The molecule has 5 heteroatoms. The summed E-state index contributed by atoms with van der Waals surface area (Å²) in [6.45, 7) is 0.646. The third-order valence-electron chi connectivity index (χ3n) is 3.18. The van der Waals surface area contributed by atoms with Crippen LogP contribution in [0.2, 0.25) is 0 Å². The highest BCUT2D eigenvalue weighted by atomic mass is 19.3. The van der Waals surface area contributed by atoms with E-state index in [1.165, 1.54) is 6.07 Å². The topological polar surface area (TPSA) is 42.2 Å². The second-order valence-electron chi connectivity index (χ2n) is 4.65. The molecule has 0 saturated heterocycles. The minimum absolute atomic E-state index is 0.0257. The summed E-state index contributed by atoms with van der Waals surface area (Å²) >= 11 is 0. The van der Waals surface area contributed by atoms with E-state index >= 15 is 0 Å². The molecule has 0 radical (unpaired) electrons. The Bertz CT molecular complexity index is 558. The first-order valence-corrected chi connectivity index (χ1v) is 6.35. The van der Waals surface area contributed by atoms with Crippen LogP contribution in [-0.2, 0) is 6.42 Å². The molecule has 0 bridgehead atoms. The van der Waals surface area contributed by atoms with Gasteiger partial charge in [0.15, 0.2) is 0 Å². The number of alkyl halides is 2. The van der Waals surface area contributed by atoms with Crippen molar-refractivity contribution in [2.24, 2.45) is 0 Å². The monoisotopic (exact) mass is 277 g/mol. The van der Waals surface area contributed by atoms with Crippen LogP contribution in [0.15, 0.2) is 42.7 Å². The molecule has 2 aromatic rings. The molecule has 0 saturated carbocycles. The zero-order valence-electron chi connectivity index (χ0n) is 11.3. The van der Waals surface area contributed by atoms with Gasteiger partial charge in [-0.15, -0.1) is 0 Å². The number of likely N-dealkylation sites (N-methyl/N-ethyl adjacent to an activating group) is 1. The van der Waals surface area contributed by atoms with Crippen LogP contribution in [0, 0.1) is 0 Å². The fourth-order valence-corrected chi connectivity index (χ4v) is 2.06. The molecule has 3 nitrogen and oxygen atoms in total. The molecule has 1 heterocycles. The number of nitrogens with zero attached hydrogens (tertiary/aromatic N) is 2. The smallest absolute Gasteiger partial charge is 0.265 e. The Balaban J connectivity index is 2.11. The Hall–Kier alpha value is -2.17. The van der Waals surface area contributed by atoms with Crippen molar-refractivity contribution < 1.29 is 8.78 Å². The SMILES string of the molecule is CN(CCc1ccncc1)c1ccc(N)cc1C(F)F. The molecular weight excluding hydrogens is 260 g/mol. The molecule has 106 valence electrons. The number of nitrogen functional groups attached to an aromatic ring is 1. The second kappa shape index (κ2) is 6.32. The van der Waals surface area contributed by atoms with Crippen LogP contribution < -0.4 is 10.6 Å². The lowest BCUT2D eigenvalue weighted by Crippen LogP contribution is -2.21. The summed E-state index contributed by atoms with van der Waals surface area (Å²) in [6.07, 6.45) is 1.69. The summed E-state index contributed by atoms with van der Waals surface area (Å²) in [7, 11) is 1.80. The zero-order valence-corrected chi connectivity index (χ0v) is 11.3. The van der Waals surface area contributed by atoms with Crippen LogP contribution in [0.1, 0.15) is 17.6 Å². The third kappa shape index (κ3) is 3.44. The van der Waals surface area contributed by atoms with Crippen molar-refractivity contribution >= 4 is 11.4 Å². The molecule has 1 aromatic carbocycles. The minimum Gasteiger partial charge on any atom is -0.399 e.